The molecule has 0 aliphatic carbocycles. The number of rotatable bonds is 6. The fourth-order valence-corrected chi connectivity index (χ4v) is 2.64. The predicted octanol–water partition coefficient (Wildman–Crippen LogP) is 3.06. The molecule has 5 nitrogen and oxygen atoms in total. The van der Waals surface area contributed by atoms with E-state index in [4.69, 9.17) is 4.74 Å². The van der Waals surface area contributed by atoms with Crippen molar-refractivity contribution in [3.8, 4) is 5.75 Å². The maximum absolute atomic E-state index is 11.8. The van der Waals surface area contributed by atoms with Gasteiger partial charge < -0.3 is 4.74 Å². The molecule has 0 radical (unpaired) electrons. The Morgan fingerprint density at radius 2 is 2.00 bits per heavy atom. The van der Waals surface area contributed by atoms with Crippen molar-refractivity contribution in [3.05, 3.63) is 34.8 Å². The minimum Gasteiger partial charge on any atom is -0.484 e. The summed E-state index contributed by atoms with van der Waals surface area (Å²) in [5, 5.41) is 12.2. The van der Waals surface area contributed by atoms with E-state index in [1.54, 1.807) is 0 Å². The minimum absolute atomic E-state index is 0.0395. The first-order chi connectivity index (χ1) is 10.0. The van der Waals surface area contributed by atoms with Gasteiger partial charge in [0, 0.05) is 6.42 Å². The number of hydrogen-bond donors (Lipinski definition) is 1. The zero-order valence-electron chi connectivity index (χ0n) is 12.4. The van der Waals surface area contributed by atoms with Crippen molar-refractivity contribution in [1.82, 2.24) is 10.2 Å². The summed E-state index contributed by atoms with van der Waals surface area (Å²) in [6, 6.07) is 7.56. The first-order valence-electron chi connectivity index (χ1n) is 6.84. The molecule has 0 saturated heterocycles. The van der Waals surface area contributed by atoms with Gasteiger partial charge in [-0.3, -0.25) is 10.1 Å². The second-order valence-corrected chi connectivity index (χ2v) is 6.31. The van der Waals surface area contributed by atoms with Crippen molar-refractivity contribution in [2.24, 2.45) is 5.92 Å². The fourth-order valence-electron chi connectivity index (χ4n) is 1.67. The number of nitrogens with one attached hydrogen (secondary N) is 1. The van der Waals surface area contributed by atoms with Crippen LogP contribution in [0.1, 0.15) is 24.4 Å². The van der Waals surface area contributed by atoms with Gasteiger partial charge in [0.1, 0.15) is 10.8 Å². The first-order valence-corrected chi connectivity index (χ1v) is 7.66. The Kier molecular flexibility index (Phi) is 5.27. The smallest absolute Gasteiger partial charge is 0.264 e. The van der Waals surface area contributed by atoms with Crippen LogP contribution in [0.3, 0.4) is 0 Å². The average Bonchev–Trinajstić information content (AvgIpc) is 2.84. The van der Waals surface area contributed by atoms with Crippen molar-refractivity contribution in [3.63, 3.8) is 0 Å². The maximum Gasteiger partial charge on any atom is 0.264 e. The van der Waals surface area contributed by atoms with Crippen molar-refractivity contribution in [1.29, 1.82) is 0 Å². The van der Waals surface area contributed by atoms with E-state index in [1.807, 2.05) is 31.2 Å². The van der Waals surface area contributed by atoms with E-state index in [0.29, 0.717) is 16.8 Å². The summed E-state index contributed by atoms with van der Waals surface area (Å²) < 4.78 is 5.41. The zero-order chi connectivity index (χ0) is 15.2. The summed E-state index contributed by atoms with van der Waals surface area (Å²) in [5.41, 5.74) is 1.15. The van der Waals surface area contributed by atoms with E-state index in [0.717, 1.165) is 17.0 Å². The number of amides is 1. The lowest BCUT2D eigenvalue weighted by Gasteiger charge is -2.05. The summed E-state index contributed by atoms with van der Waals surface area (Å²) in [6.07, 6.45) is 0.868. The monoisotopic (exact) mass is 305 g/mol. The summed E-state index contributed by atoms with van der Waals surface area (Å²) in [4.78, 5) is 11.8. The van der Waals surface area contributed by atoms with Crippen molar-refractivity contribution in [2.45, 2.75) is 27.2 Å². The number of benzene rings is 1. The molecule has 0 bridgehead atoms. The molecule has 2 rings (SSSR count). The number of ether oxygens (including phenoxy) is 1. The standard InChI is InChI=1S/C15H19N3O2S/c1-10(2)8-14-17-18-15(21-14)16-13(19)9-20-12-6-4-11(3)5-7-12/h4-7,10H,8-9H2,1-3H3,(H,16,18,19). The zero-order valence-corrected chi connectivity index (χ0v) is 13.2. The quantitative estimate of drug-likeness (QED) is 0.891. The van der Waals surface area contributed by atoms with E-state index in [9.17, 15) is 4.79 Å². The van der Waals surface area contributed by atoms with E-state index in [-0.39, 0.29) is 12.5 Å². The van der Waals surface area contributed by atoms with Crippen LogP contribution in [-0.2, 0) is 11.2 Å². The molecule has 1 aromatic heterocycles. The number of aryl methyl sites for hydroxylation is 1. The highest BCUT2D eigenvalue weighted by Gasteiger charge is 2.09. The van der Waals surface area contributed by atoms with Gasteiger partial charge in [-0.1, -0.05) is 42.9 Å². The normalized spacial score (nSPS) is 10.7. The van der Waals surface area contributed by atoms with E-state index in [1.165, 1.54) is 11.3 Å². The molecule has 21 heavy (non-hydrogen) atoms. The SMILES string of the molecule is Cc1ccc(OCC(=O)Nc2nnc(CC(C)C)s2)cc1. The van der Waals surface area contributed by atoms with Gasteiger partial charge in [0.15, 0.2) is 6.61 Å². The summed E-state index contributed by atoms with van der Waals surface area (Å²) >= 11 is 1.40. The van der Waals surface area contributed by atoms with Crippen LogP contribution in [0.25, 0.3) is 0 Å². The van der Waals surface area contributed by atoms with Crippen LogP contribution in [0.2, 0.25) is 0 Å². The number of carbonyl (C=O) groups is 1. The van der Waals surface area contributed by atoms with Crippen molar-refractivity contribution in [2.75, 3.05) is 11.9 Å². The van der Waals surface area contributed by atoms with Gasteiger partial charge in [-0.25, -0.2) is 0 Å². The summed E-state index contributed by atoms with van der Waals surface area (Å²) in [5.74, 6) is 0.961. The molecule has 1 N–H and O–H groups in total. The lowest BCUT2D eigenvalue weighted by Crippen LogP contribution is -2.20. The summed E-state index contributed by atoms with van der Waals surface area (Å²) in [6.45, 7) is 6.20. The predicted molar refractivity (Wildman–Crippen MR) is 83.8 cm³/mol. The Morgan fingerprint density at radius 3 is 2.67 bits per heavy atom. The Labute approximate surface area is 128 Å². The van der Waals surface area contributed by atoms with Crippen molar-refractivity contribution < 1.29 is 9.53 Å². The second-order valence-electron chi connectivity index (χ2n) is 5.25. The molecule has 2 aromatic rings. The highest BCUT2D eigenvalue weighted by molar-refractivity contribution is 7.15. The first kappa shape index (κ1) is 15.4. The second kappa shape index (κ2) is 7.17. The average molecular weight is 305 g/mol. The molecule has 0 aliphatic rings. The van der Waals surface area contributed by atoms with Gasteiger partial charge >= 0.3 is 0 Å². The van der Waals surface area contributed by atoms with Crippen molar-refractivity contribution >= 4 is 22.4 Å². The van der Waals surface area contributed by atoms with Gasteiger partial charge in [-0.15, -0.1) is 10.2 Å². The third-order valence-electron chi connectivity index (χ3n) is 2.69. The Hall–Kier alpha value is -1.95. The molecule has 1 aromatic carbocycles. The van der Waals surface area contributed by atoms with Gasteiger partial charge in [0.05, 0.1) is 0 Å². The van der Waals surface area contributed by atoms with Gasteiger partial charge in [0.25, 0.3) is 5.91 Å². The minimum atomic E-state index is -0.233. The number of anilines is 1. The molecule has 6 heteroatoms. The number of aromatic nitrogens is 2. The van der Waals surface area contributed by atoms with Gasteiger partial charge in [0.2, 0.25) is 5.13 Å². The van der Waals surface area contributed by atoms with Crippen LogP contribution < -0.4 is 10.1 Å². The van der Waals surface area contributed by atoms with Gasteiger partial charge in [-0.2, -0.15) is 0 Å². The van der Waals surface area contributed by atoms with Crippen LogP contribution in [-0.4, -0.2) is 22.7 Å². The van der Waals surface area contributed by atoms with Crippen LogP contribution in [0.15, 0.2) is 24.3 Å². The van der Waals surface area contributed by atoms with E-state index in [2.05, 4.69) is 29.4 Å². The molecule has 1 amide bonds. The highest BCUT2D eigenvalue weighted by Crippen LogP contribution is 2.18. The molecule has 0 saturated carbocycles. The highest BCUT2D eigenvalue weighted by atomic mass is 32.1. The number of nitrogens with zero attached hydrogens (tertiary/aromatic N) is 2. The maximum atomic E-state index is 11.8. The van der Waals surface area contributed by atoms with Crippen LogP contribution in [0.4, 0.5) is 5.13 Å². The molecule has 0 spiro atoms. The molecule has 112 valence electrons. The third kappa shape index (κ3) is 5.15. The molecular weight excluding hydrogens is 286 g/mol. The number of hydrogen-bond acceptors (Lipinski definition) is 5. The van der Waals surface area contributed by atoms with Gasteiger partial charge in [-0.05, 0) is 25.0 Å². The number of carbonyl (C=O) groups excluding carboxylic acids is 1. The molecule has 0 atom stereocenters. The molecular formula is C15H19N3O2S. The lowest BCUT2D eigenvalue weighted by molar-refractivity contribution is -0.118. The molecule has 0 fully saturated rings. The molecule has 0 unspecified atom stereocenters. The molecule has 1 heterocycles. The van der Waals surface area contributed by atoms with Crippen LogP contribution >= 0.6 is 11.3 Å². The third-order valence-corrected chi connectivity index (χ3v) is 3.55. The Bertz CT molecular complexity index is 593. The Morgan fingerprint density at radius 1 is 1.29 bits per heavy atom. The van der Waals surface area contributed by atoms with E-state index >= 15 is 0 Å². The fraction of sp³-hybridized carbons (Fsp3) is 0.400. The lowest BCUT2D eigenvalue weighted by atomic mass is 10.1. The van der Waals surface area contributed by atoms with E-state index < -0.39 is 0 Å². The Balaban J connectivity index is 1.81. The topological polar surface area (TPSA) is 64.1 Å². The largest absolute Gasteiger partial charge is 0.484 e. The summed E-state index contributed by atoms with van der Waals surface area (Å²) in [7, 11) is 0. The molecule has 0 aliphatic heterocycles. The van der Waals surface area contributed by atoms with Crippen LogP contribution in [0.5, 0.6) is 5.75 Å². The van der Waals surface area contributed by atoms with Crippen LogP contribution in [0, 0.1) is 12.8 Å².